The average molecular weight is 486 g/mol. The van der Waals surface area contributed by atoms with Crippen molar-refractivity contribution in [1.82, 2.24) is 19.9 Å². The average Bonchev–Trinajstić information content (AvgIpc) is 3.53. The van der Waals surface area contributed by atoms with E-state index < -0.39 is 6.04 Å². The van der Waals surface area contributed by atoms with E-state index in [4.69, 9.17) is 14.5 Å². The molecule has 1 unspecified atom stereocenters. The number of hydrogen-bond donors (Lipinski definition) is 1. The Bertz CT molecular complexity index is 1200. The number of rotatable bonds is 9. The highest BCUT2D eigenvalue weighted by Gasteiger charge is 2.24. The smallest absolute Gasteiger partial charge is 0.262 e. The standard InChI is InChI=1S/C23H27N5O3S2/c1-6-28(7-2)23-26-22-18(33-23)13-17(32-22)21(29)25-19(20-24-8-9-27(20)3)14-10-15(30-4)12-16(11-14)31-5/h8-13,19H,6-7H2,1-5H3,(H,25,29). The summed E-state index contributed by atoms with van der Waals surface area (Å²) in [4.78, 5) is 26.2. The Morgan fingerprint density at radius 1 is 1.12 bits per heavy atom. The fourth-order valence-electron chi connectivity index (χ4n) is 3.62. The molecule has 0 saturated heterocycles. The maximum absolute atomic E-state index is 13.3. The van der Waals surface area contributed by atoms with Crippen LogP contribution in [0.1, 0.15) is 40.9 Å². The van der Waals surface area contributed by atoms with Gasteiger partial charge in [0.2, 0.25) is 0 Å². The maximum atomic E-state index is 13.3. The van der Waals surface area contributed by atoms with Gasteiger partial charge in [-0.1, -0.05) is 11.3 Å². The molecule has 33 heavy (non-hydrogen) atoms. The molecule has 1 atom stereocenters. The Morgan fingerprint density at radius 2 is 1.82 bits per heavy atom. The van der Waals surface area contributed by atoms with Crippen molar-refractivity contribution in [3.63, 3.8) is 0 Å². The molecule has 0 aliphatic heterocycles. The monoisotopic (exact) mass is 485 g/mol. The number of benzene rings is 1. The van der Waals surface area contributed by atoms with Crippen LogP contribution in [0.3, 0.4) is 0 Å². The number of hydrogen-bond acceptors (Lipinski definition) is 8. The number of imidazole rings is 1. The summed E-state index contributed by atoms with van der Waals surface area (Å²) in [5.74, 6) is 1.81. The van der Waals surface area contributed by atoms with Gasteiger partial charge in [-0.25, -0.2) is 9.97 Å². The van der Waals surface area contributed by atoms with Crippen LogP contribution in [0, 0.1) is 0 Å². The van der Waals surface area contributed by atoms with Gasteiger partial charge in [-0.15, -0.1) is 11.3 Å². The van der Waals surface area contributed by atoms with Gasteiger partial charge < -0.3 is 24.3 Å². The fourth-order valence-corrected chi connectivity index (χ4v) is 5.86. The lowest BCUT2D eigenvalue weighted by atomic mass is 10.0. The predicted octanol–water partition coefficient (Wildman–Crippen LogP) is 4.47. The van der Waals surface area contributed by atoms with E-state index >= 15 is 0 Å². The number of nitrogens with zero attached hydrogens (tertiary/aromatic N) is 4. The highest BCUT2D eigenvalue weighted by atomic mass is 32.1. The highest BCUT2D eigenvalue weighted by Crippen LogP contribution is 2.35. The molecule has 1 aromatic carbocycles. The van der Waals surface area contributed by atoms with Crippen molar-refractivity contribution in [1.29, 1.82) is 0 Å². The lowest BCUT2D eigenvalue weighted by Gasteiger charge is -2.20. The molecule has 0 bridgehead atoms. The van der Waals surface area contributed by atoms with Crippen LogP contribution in [0.15, 0.2) is 36.7 Å². The Morgan fingerprint density at radius 3 is 2.36 bits per heavy atom. The molecule has 0 saturated carbocycles. The van der Waals surface area contributed by atoms with Crippen LogP contribution < -0.4 is 19.7 Å². The second kappa shape index (κ2) is 9.80. The van der Waals surface area contributed by atoms with Gasteiger partial charge in [0.15, 0.2) is 5.13 Å². The van der Waals surface area contributed by atoms with Crippen LogP contribution in [-0.2, 0) is 7.05 Å². The third-order valence-corrected chi connectivity index (χ3v) is 7.66. The number of thiophene rings is 1. The molecule has 1 N–H and O–H groups in total. The van der Waals surface area contributed by atoms with E-state index in [2.05, 4.69) is 29.0 Å². The molecule has 0 fully saturated rings. The van der Waals surface area contributed by atoms with E-state index in [1.54, 1.807) is 37.8 Å². The zero-order valence-electron chi connectivity index (χ0n) is 19.3. The number of carbonyl (C=O) groups is 1. The Labute approximate surface area is 200 Å². The number of thiazole rings is 1. The van der Waals surface area contributed by atoms with Crippen molar-refractivity contribution in [2.45, 2.75) is 19.9 Å². The van der Waals surface area contributed by atoms with Crippen LogP contribution in [0.4, 0.5) is 5.13 Å². The van der Waals surface area contributed by atoms with Gasteiger partial charge in [-0.2, -0.15) is 0 Å². The second-order valence-corrected chi connectivity index (χ2v) is 9.44. The number of carbonyl (C=O) groups excluding carboxylic acids is 1. The van der Waals surface area contributed by atoms with E-state index in [-0.39, 0.29) is 5.91 Å². The van der Waals surface area contributed by atoms with Crippen molar-refractivity contribution in [3.8, 4) is 11.5 Å². The fraction of sp³-hybridized carbons (Fsp3) is 0.348. The van der Waals surface area contributed by atoms with E-state index in [1.807, 2.05) is 36.0 Å². The first-order chi connectivity index (χ1) is 16.0. The minimum Gasteiger partial charge on any atom is -0.497 e. The molecule has 0 radical (unpaired) electrons. The summed E-state index contributed by atoms with van der Waals surface area (Å²) in [6.45, 7) is 6.03. The molecular weight excluding hydrogens is 458 g/mol. The third kappa shape index (κ3) is 4.67. The van der Waals surface area contributed by atoms with Gasteiger partial charge in [0.25, 0.3) is 5.91 Å². The first-order valence-electron chi connectivity index (χ1n) is 10.6. The summed E-state index contributed by atoms with van der Waals surface area (Å²) in [6.07, 6.45) is 3.57. The number of methoxy groups -OCH3 is 2. The van der Waals surface area contributed by atoms with Crippen LogP contribution in [0.2, 0.25) is 0 Å². The molecule has 3 aromatic heterocycles. The van der Waals surface area contributed by atoms with Crippen molar-refractivity contribution in [2.75, 3.05) is 32.2 Å². The topological polar surface area (TPSA) is 81.5 Å². The molecule has 3 heterocycles. The van der Waals surface area contributed by atoms with Crippen LogP contribution >= 0.6 is 22.7 Å². The molecule has 0 aliphatic rings. The summed E-state index contributed by atoms with van der Waals surface area (Å²) in [7, 11) is 5.11. The Kier molecular flexibility index (Phi) is 6.85. The van der Waals surface area contributed by atoms with Crippen LogP contribution in [0.5, 0.6) is 11.5 Å². The van der Waals surface area contributed by atoms with Crippen molar-refractivity contribution in [3.05, 3.63) is 52.9 Å². The minimum absolute atomic E-state index is 0.177. The van der Waals surface area contributed by atoms with Gasteiger partial charge in [0.05, 0.1) is 23.8 Å². The number of nitrogens with one attached hydrogen (secondary N) is 1. The minimum atomic E-state index is -0.485. The largest absolute Gasteiger partial charge is 0.497 e. The van der Waals surface area contributed by atoms with Gasteiger partial charge in [0.1, 0.15) is 28.2 Å². The Balaban J connectivity index is 1.66. The lowest BCUT2D eigenvalue weighted by molar-refractivity contribution is 0.0945. The summed E-state index contributed by atoms with van der Waals surface area (Å²) in [6, 6.07) is 7.00. The normalized spacial score (nSPS) is 12.0. The zero-order chi connectivity index (χ0) is 23.5. The molecule has 174 valence electrons. The van der Waals surface area contributed by atoms with Gasteiger partial charge in [-0.05, 0) is 37.6 Å². The number of aromatic nitrogens is 3. The van der Waals surface area contributed by atoms with Gasteiger partial charge in [0, 0.05) is 38.6 Å². The van der Waals surface area contributed by atoms with Crippen molar-refractivity contribution >= 4 is 43.2 Å². The molecule has 8 nitrogen and oxygen atoms in total. The third-order valence-electron chi connectivity index (χ3n) is 5.43. The van der Waals surface area contributed by atoms with E-state index in [0.717, 1.165) is 33.3 Å². The summed E-state index contributed by atoms with van der Waals surface area (Å²) < 4.78 is 13.8. The molecule has 10 heteroatoms. The first kappa shape index (κ1) is 23.1. The van der Waals surface area contributed by atoms with Gasteiger partial charge >= 0.3 is 0 Å². The molecule has 0 spiro atoms. The second-order valence-electron chi connectivity index (χ2n) is 7.40. The molecular formula is C23H27N5O3S2. The number of aryl methyl sites for hydroxylation is 1. The highest BCUT2D eigenvalue weighted by molar-refractivity contribution is 7.29. The number of fused-ring (bicyclic) bond motifs is 1. The zero-order valence-corrected chi connectivity index (χ0v) is 20.9. The summed E-state index contributed by atoms with van der Waals surface area (Å²) >= 11 is 3.02. The van der Waals surface area contributed by atoms with E-state index in [1.165, 1.54) is 11.3 Å². The quantitative estimate of drug-likeness (QED) is 0.377. The van der Waals surface area contributed by atoms with Crippen LogP contribution in [0.25, 0.3) is 9.53 Å². The SMILES string of the molecule is CCN(CC)c1nc2sc(C(=O)NC(c3cc(OC)cc(OC)c3)c3nccn3C)cc2s1. The van der Waals surface area contributed by atoms with Crippen molar-refractivity contribution in [2.24, 2.45) is 7.05 Å². The Hall–Kier alpha value is -3.11. The first-order valence-corrected chi connectivity index (χ1v) is 12.3. The molecule has 4 rings (SSSR count). The molecule has 1 amide bonds. The predicted molar refractivity (Wildman–Crippen MR) is 133 cm³/mol. The van der Waals surface area contributed by atoms with E-state index in [0.29, 0.717) is 22.2 Å². The van der Waals surface area contributed by atoms with Crippen LogP contribution in [-0.4, -0.2) is 47.8 Å². The number of amides is 1. The lowest BCUT2D eigenvalue weighted by Crippen LogP contribution is -2.30. The molecule has 0 aliphatic carbocycles. The van der Waals surface area contributed by atoms with Gasteiger partial charge in [-0.3, -0.25) is 4.79 Å². The molecule has 4 aromatic rings. The van der Waals surface area contributed by atoms with Crippen molar-refractivity contribution < 1.29 is 14.3 Å². The summed E-state index contributed by atoms with van der Waals surface area (Å²) in [5.41, 5.74) is 0.814. The number of anilines is 1. The van der Waals surface area contributed by atoms with E-state index in [9.17, 15) is 4.79 Å². The summed E-state index contributed by atoms with van der Waals surface area (Å²) in [5, 5.41) is 4.14. The number of ether oxygens (including phenoxy) is 2. The maximum Gasteiger partial charge on any atom is 0.262 e.